The van der Waals surface area contributed by atoms with Gasteiger partial charge in [0.1, 0.15) is 5.76 Å². The van der Waals surface area contributed by atoms with Crippen LogP contribution < -0.4 is 0 Å². The van der Waals surface area contributed by atoms with Gasteiger partial charge in [-0.1, -0.05) is 6.07 Å². The van der Waals surface area contributed by atoms with E-state index in [1.807, 2.05) is 30.6 Å². The Morgan fingerprint density at radius 1 is 0.913 bits per heavy atom. The predicted octanol–water partition coefficient (Wildman–Crippen LogP) is 4.69. The second-order valence-corrected chi connectivity index (χ2v) is 9.76. The maximum Gasteiger partial charge on any atom is 0.490 e. The SMILES string of the molecule is CN(Cc1ccco1)[C@@H]1CN(Cc2cccnc2)C[C@@H]2CCCO[C@@H]21.O=C(O)C(F)(F)F.O=C(O)C(F)(F)F.O=C(O)C(F)(F)F. The number of ether oxygens (including phenoxy) is 1. The number of nitrogens with zero attached hydrogens (tertiary/aromatic N) is 3. The topological polar surface area (TPSA) is 154 Å². The Bertz CT molecular complexity index is 1150. The minimum Gasteiger partial charge on any atom is -0.475 e. The number of aromatic nitrogens is 1. The van der Waals surface area contributed by atoms with Crippen LogP contribution in [0.3, 0.4) is 0 Å². The van der Waals surface area contributed by atoms with Crippen molar-refractivity contribution in [2.75, 3.05) is 26.7 Å². The van der Waals surface area contributed by atoms with Crippen LogP contribution in [0.15, 0.2) is 47.3 Å². The molecule has 2 aliphatic rings. The summed E-state index contributed by atoms with van der Waals surface area (Å²) in [5, 5.41) is 21.4. The summed E-state index contributed by atoms with van der Waals surface area (Å²) >= 11 is 0. The lowest BCUT2D eigenvalue weighted by molar-refractivity contribution is -0.193. The molecule has 2 aromatic heterocycles. The molecule has 46 heavy (non-hydrogen) atoms. The molecule has 0 unspecified atom stereocenters. The molecule has 0 bridgehead atoms. The van der Waals surface area contributed by atoms with Gasteiger partial charge >= 0.3 is 36.4 Å². The van der Waals surface area contributed by atoms with Crippen molar-refractivity contribution in [3.63, 3.8) is 0 Å². The zero-order valence-electron chi connectivity index (χ0n) is 23.8. The molecule has 0 amide bonds. The van der Waals surface area contributed by atoms with Crippen LogP contribution in [0.1, 0.15) is 24.2 Å². The molecule has 4 heterocycles. The van der Waals surface area contributed by atoms with Gasteiger partial charge in [0.2, 0.25) is 0 Å². The number of likely N-dealkylation sites (N-methyl/N-ethyl adjacent to an activating group) is 1. The number of carboxylic acid groups (broad SMARTS) is 3. The Balaban J connectivity index is 0.000000413. The first-order chi connectivity index (χ1) is 21.1. The number of carboxylic acids is 3. The normalized spacial score (nSPS) is 20.0. The standard InChI is InChI=1S/C20H27N3O2.3C2HF3O2/c1-22(14-18-7-4-9-24-18)19-15-23(12-16-5-2-8-21-11-16)13-17-6-3-10-25-20(17)19;3*3-2(4,5)1(6)7/h2,4-5,7-9,11,17,19-20H,3,6,10,12-15H2,1H3;3*(H,6,7)/t17-,19+,20-;;;/m0.../s1. The van der Waals surface area contributed by atoms with Crippen molar-refractivity contribution >= 4 is 17.9 Å². The van der Waals surface area contributed by atoms with E-state index in [1.54, 1.807) is 6.26 Å². The molecule has 2 aromatic rings. The van der Waals surface area contributed by atoms with Gasteiger partial charge in [-0.15, -0.1) is 0 Å². The van der Waals surface area contributed by atoms with Crippen LogP contribution in [0, 0.1) is 5.92 Å². The van der Waals surface area contributed by atoms with E-state index in [1.165, 1.54) is 18.4 Å². The molecule has 0 aromatic carbocycles. The van der Waals surface area contributed by atoms with Gasteiger partial charge in [-0.3, -0.25) is 14.8 Å². The van der Waals surface area contributed by atoms with Crippen molar-refractivity contribution in [2.24, 2.45) is 5.92 Å². The smallest absolute Gasteiger partial charge is 0.475 e. The summed E-state index contributed by atoms with van der Waals surface area (Å²) in [6.07, 6.45) is -6.91. The van der Waals surface area contributed by atoms with E-state index >= 15 is 0 Å². The van der Waals surface area contributed by atoms with Gasteiger partial charge in [0.25, 0.3) is 0 Å². The summed E-state index contributed by atoms with van der Waals surface area (Å²) in [6, 6.07) is 8.58. The van der Waals surface area contributed by atoms with Crippen LogP contribution in [0.25, 0.3) is 0 Å². The quantitative estimate of drug-likeness (QED) is 0.377. The van der Waals surface area contributed by atoms with Crippen molar-refractivity contribution in [3.05, 3.63) is 54.2 Å². The number of hydrogen-bond donors (Lipinski definition) is 3. The Hall–Kier alpha value is -3.91. The maximum atomic E-state index is 10.6. The highest BCUT2D eigenvalue weighted by Gasteiger charge is 2.41. The Kier molecular flexibility index (Phi) is 15.4. The van der Waals surface area contributed by atoms with Crippen molar-refractivity contribution in [2.45, 2.75) is 56.6 Å². The van der Waals surface area contributed by atoms with Gasteiger partial charge < -0.3 is 24.5 Å². The molecular weight excluding hydrogens is 653 g/mol. The average Bonchev–Trinajstić information content (AvgIpc) is 3.45. The molecule has 0 saturated carbocycles. The number of fused-ring (bicyclic) bond motifs is 1. The van der Waals surface area contributed by atoms with Crippen LogP contribution in [-0.4, -0.2) is 105 Å². The highest BCUT2D eigenvalue weighted by molar-refractivity contribution is 5.73. The largest absolute Gasteiger partial charge is 0.490 e. The molecule has 4 rings (SSSR count). The second kappa shape index (κ2) is 17.7. The average molecular weight is 684 g/mol. The van der Waals surface area contributed by atoms with E-state index in [0.717, 1.165) is 38.5 Å². The first kappa shape index (κ1) is 40.1. The zero-order chi connectivity index (χ0) is 35.3. The van der Waals surface area contributed by atoms with E-state index < -0.39 is 36.4 Å². The van der Waals surface area contributed by atoms with Gasteiger partial charge in [0, 0.05) is 44.7 Å². The van der Waals surface area contributed by atoms with Crippen molar-refractivity contribution in [1.82, 2.24) is 14.8 Å². The van der Waals surface area contributed by atoms with Crippen LogP contribution in [-0.2, 0) is 32.2 Å². The number of halogens is 9. The van der Waals surface area contributed by atoms with E-state index in [0.29, 0.717) is 18.1 Å². The molecule has 260 valence electrons. The summed E-state index contributed by atoms with van der Waals surface area (Å²) in [5.41, 5.74) is 1.28. The number of alkyl halides is 9. The minimum absolute atomic E-state index is 0.332. The molecule has 3 atom stereocenters. The molecular formula is C26H30F9N3O8. The van der Waals surface area contributed by atoms with Gasteiger partial charge in [0.15, 0.2) is 0 Å². The number of piperidine rings is 1. The Morgan fingerprint density at radius 2 is 1.46 bits per heavy atom. The van der Waals surface area contributed by atoms with E-state index in [4.69, 9.17) is 38.9 Å². The summed E-state index contributed by atoms with van der Waals surface area (Å²) in [7, 11) is 2.19. The van der Waals surface area contributed by atoms with Gasteiger partial charge in [0.05, 0.1) is 18.9 Å². The fraction of sp³-hybridized carbons (Fsp3) is 0.538. The van der Waals surface area contributed by atoms with Crippen molar-refractivity contribution in [1.29, 1.82) is 0 Å². The zero-order valence-corrected chi connectivity index (χ0v) is 23.8. The molecule has 11 nitrogen and oxygen atoms in total. The molecule has 2 fully saturated rings. The molecule has 2 aliphatic heterocycles. The highest BCUT2D eigenvalue weighted by atomic mass is 19.4. The molecule has 0 radical (unpaired) electrons. The van der Waals surface area contributed by atoms with Crippen molar-refractivity contribution in [3.8, 4) is 0 Å². The van der Waals surface area contributed by atoms with Crippen LogP contribution in [0.2, 0.25) is 0 Å². The first-order valence-electron chi connectivity index (χ1n) is 13.0. The number of aliphatic carboxylic acids is 3. The van der Waals surface area contributed by atoms with Crippen LogP contribution >= 0.6 is 0 Å². The summed E-state index contributed by atoms with van der Waals surface area (Å²) in [6.45, 7) is 4.82. The second-order valence-electron chi connectivity index (χ2n) is 9.76. The third-order valence-corrected chi connectivity index (χ3v) is 6.22. The monoisotopic (exact) mass is 683 g/mol. The maximum absolute atomic E-state index is 10.6. The van der Waals surface area contributed by atoms with Gasteiger partial charge in [-0.05, 0) is 49.6 Å². The number of rotatable bonds is 5. The number of hydrogen-bond acceptors (Lipinski definition) is 8. The molecule has 20 heteroatoms. The van der Waals surface area contributed by atoms with E-state index in [2.05, 4.69) is 27.9 Å². The fourth-order valence-electron chi connectivity index (χ4n) is 4.30. The van der Waals surface area contributed by atoms with Gasteiger partial charge in [-0.25, -0.2) is 14.4 Å². The highest BCUT2D eigenvalue weighted by Crippen LogP contribution is 2.32. The Labute approximate surface area is 255 Å². The molecule has 3 N–H and O–H groups in total. The Morgan fingerprint density at radius 3 is 1.89 bits per heavy atom. The minimum atomic E-state index is -5.08. The first-order valence-corrected chi connectivity index (χ1v) is 13.0. The molecule has 0 aliphatic carbocycles. The summed E-state index contributed by atoms with van der Waals surface area (Å²) in [5.74, 6) is -6.64. The lowest BCUT2D eigenvalue weighted by atomic mass is 9.84. The van der Waals surface area contributed by atoms with E-state index in [-0.39, 0.29) is 0 Å². The molecule has 0 spiro atoms. The lowest BCUT2D eigenvalue weighted by Gasteiger charge is -2.48. The summed E-state index contributed by atoms with van der Waals surface area (Å²) < 4.78 is 107. The number of furan rings is 1. The fourth-order valence-corrected chi connectivity index (χ4v) is 4.30. The number of carbonyl (C=O) groups is 3. The number of likely N-dealkylation sites (tertiary alicyclic amines) is 1. The summed E-state index contributed by atoms with van der Waals surface area (Å²) in [4.78, 5) is 35.9. The molecule has 2 saturated heterocycles. The number of pyridine rings is 1. The van der Waals surface area contributed by atoms with Crippen molar-refractivity contribution < 1.29 is 78.4 Å². The predicted molar refractivity (Wildman–Crippen MR) is 137 cm³/mol. The lowest BCUT2D eigenvalue weighted by Crippen LogP contribution is -2.59. The van der Waals surface area contributed by atoms with Crippen LogP contribution in [0.5, 0.6) is 0 Å². The van der Waals surface area contributed by atoms with Gasteiger partial charge in [-0.2, -0.15) is 39.5 Å². The third-order valence-electron chi connectivity index (χ3n) is 6.22. The van der Waals surface area contributed by atoms with E-state index in [9.17, 15) is 39.5 Å². The third kappa shape index (κ3) is 14.9. The van der Waals surface area contributed by atoms with Crippen LogP contribution in [0.4, 0.5) is 39.5 Å².